The lowest BCUT2D eigenvalue weighted by molar-refractivity contribution is 0.309. The number of nitrogens with one attached hydrogen (secondary N) is 1. The normalized spacial score (nSPS) is 12.9. The zero-order chi connectivity index (χ0) is 13.4. The van der Waals surface area contributed by atoms with E-state index >= 15 is 0 Å². The molecule has 0 amide bonds. The second-order valence-electron chi connectivity index (χ2n) is 5.26. The van der Waals surface area contributed by atoms with E-state index in [9.17, 15) is 0 Å². The first-order chi connectivity index (χ1) is 8.65. The molecule has 0 heterocycles. The van der Waals surface area contributed by atoms with Crippen LogP contribution in [0.15, 0.2) is 24.3 Å². The molecule has 0 spiro atoms. The fourth-order valence-electron chi connectivity index (χ4n) is 2.36. The van der Waals surface area contributed by atoms with Crippen molar-refractivity contribution >= 4 is 0 Å². The van der Waals surface area contributed by atoms with E-state index in [0.29, 0.717) is 6.04 Å². The Balaban J connectivity index is 2.27. The Labute approximate surface area is 112 Å². The minimum Gasteiger partial charge on any atom is -0.317 e. The Morgan fingerprint density at radius 1 is 1.33 bits per heavy atom. The maximum Gasteiger partial charge on any atom is 0.0230 e. The summed E-state index contributed by atoms with van der Waals surface area (Å²) in [7, 11) is 4.27. The highest BCUT2D eigenvalue weighted by molar-refractivity contribution is 5.21. The summed E-state index contributed by atoms with van der Waals surface area (Å²) in [4.78, 5) is 2.41. The smallest absolute Gasteiger partial charge is 0.0230 e. The van der Waals surface area contributed by atoms with E-state index in [1.54, 1.807) is 0 Å². The number of rotatable bonds is 8. The highest BCUT2D eigenvalue weighted by Gasteiger charge is 2.04. The Kier molecular flexibility index (Phi) is 6.99. The molecule has 2 heteroatoms. The van der Waals surface area contributed by atoms with Crippen molar-refractivity contribution in [2.45, 2.75) is 45.7 Å². The van der Waals surface area contributed by atoms with E-state index in [0.717, 1.165) is 6.54 Å². The standard InChI is InChI=1S/C16H28N2/c1-5-16(17-3)10-7-11-18(4)13-15-9-6-8-14(2)12-15/h6,8-9,12,16-17H,5,7,10-11,13H2,1-4H3. The van der Waals surface area contributed by atoms with E-state index in [2.05, 4.69) is 62.4 Å². The molecule has 0 saturated heterocycles. The van der Waals surface area contributed by atoms with E-state index in [1.165, 1.54) is 36.9 Å². The minimum absolute atomic E-state index is 0.678. The van der Waals surface area contributed by atoms with Gasteiger partial charge in [-0.15, -0.1) is 0 Å². The third-order valence-corrected chi connectivity index (χ3v) is 3.53. The van der Waals surface area contributed by atoms with Gasteiger partial charge in [-0.25, -0.2) is 0 Å². The van der Waals surface area contributed by atoms with Crippen LogP contribution in [0.4, 0.5) is 0 Å². The fraction of sp³-hybridized carbons (Fsp3) is 0.625. The van der Waals surface area contributed by atoms with Gasteiger partial charge in [-0.1, -0.05) is 36.8 Å². The molecule has 1 rings (SSSR count). The quantitative estimate of drug-likeness (QED) is 0.760. The largest absolute Gasteiger partial charge is 0.317 e. The molecule has 1 N–H and O–H groups in total. The molecule has 1 aromatic rings. The van der Waals surface area contributed by atoms with Gasteiger partial charge < -0.3 is 10.2 Å². The number of nitrogens with zero attached hydrogens (tertiary/aromatic N) is 1. The van der Waals surface area contributed by atoms with Crippen molar-refractivity contribution in [1.82, 2.24) is 10.2 Å². The van der Waals surface area contributed by atoms with Crippen LogP contribution in [0.25, 0.3) is 0 Å². The molecule has 1 aromatic carbocycles. The third-order valence-electron chi connectivity index (χ3n) is 3.53. The summed E-state index contributed by atoms with van der Waals surface area (Å²) in [5.41, 5.74) is 2.76. The molecule has 0 aliphatic carbocycles. The number of benzene rings is 1. The molecule has 0 radical (unpaired) electrons. The van der Waals surface area contributed by atoms with Gasteiger partial charge in [-0.3, -0.25) is 0 Å². The molecule has 1 atom stereocenters. The number of hydrogen-bond acceptors (Lipinski definition) is 2. The van der Waals surface area contributed by atoms with Crippen molar-refractivity contribution in [1.29, 1.82) is 0 Å². The predicted octanol–water partition coefficient (Wildman–Crippen LogP) is 3.21. The van der Waals surface area contributed by atoms with Gasteiger partial charge in [0.2, 0.25) is 0 Å². The van der Waals surface area contributed by atoms with Crippen LogP contribution in [0.5, 0.6) is 0 Å². The molecule has 0 aromatic heterocycles. The van der Waals surface area contributed by atoms with Crippen molar-refractivity contribution in [2.75, 3.05) is 20.6 Å². The van der Waals surface area contributed by atoms with Gasteiger partial charge in [-0.2, -0.15) is 0 Å². The van der Waals surface area contributed by atoms with Crippen molar-refractivity contribution in [3.63, 3.8) is 0 Å². The molecule has 1 unspecified atom stereocenters. The molecule has 2 nitrogen and oxygen atoms in total. The van der Waals surface area contributed by atoms with Crippen LogP contribution in [-0.4, -0.2) is 31.6 Å². The molecule has 0 aliphatic rings. The number of hydrogen-bond donors (Lipinski definition) is 1. The zero-order valence-corrected chi connectivity index (χ0v) is 12.4. The number of aryl methyl sites for hydroxylation is 1. The zero-order valence-electron chi connectivity index (χ0n) is 12.4. The summed E-state index contributed by atoms with van der Waals surface area (Å²) in [6.45, 7) is 6.63. The molecule has 0 aliphatic heterocycles. The van der Waals surface area contributed by atoms with Crippen LogP contribution >= 0.6 is 0 Å². The van der Waals surface area contributed by atoms with Crippen molar-refractivity contribution in [2.24, 2.45) is 0 Å². The highest BCUT2D eigenvalue weighted by Crippen LogP contribution is 2.08. The van der Waals surface area contributed by atoms with E-state index in [1.807, 2.05) is 0 Å². The van der Waals surface area contributed by atoms with Gasteiger partial charge in [0, 0.05) is 12.6 Å². The Morgan fingerprint density at radius 3 is 2.72 bits per heavy atom. The first-order valence-electron chi connectivity index (χ1n) is 7.07. The van der Waals surface area contributed by atoms with Crippen molar-refractivity contribution in [3.8, 4) is 0 Å². The summed E-state index contributed by atoms with van der Waals surface area (Å²) in [5, 5.41) is 3.36. The second-order valence-corrected chi connectivity index (χ2v) is 5.26. The van der Waals surface area contributed by atoms with Gasteiger partial charge in [0.15, 0.2) is 0 Å². The fourth-order valence-corrected chi connectivity index (χ4v) is 2.36. The van der Waals surface area contributed by atoms with Crippen LogP contribution in [0, 0.1) is 6.92 Å². The van der Waals surface area contributed by atoms with Gasteiger partial charge in [0.05, 0.1) is 0 Å². The van der Waals surface area contributed by atoms with Crippen molar-refractivity contribution < 1.29 is 0 Å². The molecule has 0 fully saturated rings. The van der Waals surface area contributed by atoms with E-state index in [-0.39, 0.29) is 0 Å². The third kappa shape index (κ3) is 5.65. The average Bonchev–Trinajstić information content (AvgIpc) is 2.34. The second kappa shape index (κ2) is 8.28. The molecular weight excluding hydrogens is 220 g/mol. The first-order valence-corrected chi connectivity index (χ1v) is 7.07. The Hall–Kier alpha value is -0.860. The Bertz CT molecular complexity index is 332. The van der Waals surface area contributed by atoms with Gasteiger partial charge >= 0.3 is 0 Å². The van der Waals surface area contributed by atoms with Gasteiger partial charge in [0.25, 0.3) is 0 Å². The molecule has 18 heavy (non-hydrogen) atoms. The molecule has 102 valence electrons. The maximum absolute atomic E-state index is 3.36. The SMILES string of the molecule is CCC(CCCN(C)Cc1cccc(C)c1)NC. The van der Waals surface area contributed by atoms with Crippen LogP contribution in [0.1, 0.15) is 37.3 Å². The van der Waals surface area contributed by atoms with Crippen molar-refractivity contribution in [3.05, 3.63) is 35.4 Å². The van der Waals surface area contributed by atoms with Crippen LogP contribution in [-0.2, 0) is 6.54 Å². The summed E-state index contributed by atoms with van der Waals surface area (Å²) >= 11 is 0. The lowest BCUT2D eigenvalue weighted by atomic mass is 10.1. The molecular formula is C16H28N2. The predicted molar refractivity (Wildman–Crippen MR) is 79.9 cm³/mol. The van der Waals surface area contributed by atoms with Crippen LogP contribution < -0.4 is 5.32 Å². The van der Waals surface area contributed by atoms with Gasteiger partial charge in [-0.05, 0) is 52.4 Å². The monoisotopic (exact) mass is 248 g/mol. The highest BCUT2D eigenvalue weighted by atomic mass is 15.1. The molecule has 0 bridgehead atoms. The Morgan fingerprint density at radius 2 is 2.11 bits per heavy atom. The minimum atomic E-state index is 0.678. The van der Waals surface area contributed by atoms with E-state index in [4.69, 9.17) is 0 Å². The maximum atomic E-state index is 3.36. The average molecular weight is 248 g/mol. The lowest BCUT2D eigenvalue weighted by Gasteiger charge is -2.19. The summed E-state index contributed by atoms with van der Waals surface area (Å²) in [6.07, 6.45) is 3.75. The summed E-state index contributed by atoms with van der Waals surface area (Å²) in [5.74, 6) is 0. The summed E-state index contributed by atoms with van der Waals surface area (Å²) < 4.78 is 0. The topological polar surface area (TPSA) is 15.3 Å². The first kappa shape index (κ1) is 15.2. The van der Waals surface area contributed by atoms with Crippen LogP contribution in [0.2, 0.25) is 0 Å². The van der Waals surface area contributed by atoms with Crippen LogP contribution in [0.3, 0.4) is 0 Å². The van der Waals surface area contributed by atoms with E-state index < -0.39 is 0 Å². The molecule has 0 saturated carbocycles. The lowest BCUT2D eigenvalue weighted by Crippen LogP contribution is -2.26. The van der Waals surface area contributed by atoms with Gasteiger partial charge in [0.1, 0.15) is 0 Å². The summed E-state index contributed by atoms with van der Waals surface area (Å²) in [6, 6.07) is 9.47.